The highest BCUT2D eigenvalue weighted by molar-refractivity contribution is 5.76. The lowest BCUT2D eigenvalue weighted by atomic mass is 10.0. The van der Waals surface area contributed by atoms with Crippen molar-refractivity contribution in [1.82, 2.24) is 14.5 Å². The summed E-state index contributed by atoms with van der Waals surface area (Å²) >= 11 is 0. The fraction of sp³-hybridized carbons (Fsp3) is 0.692. The van der Waals surface area contributed by atoms with Gasteiger partial charge in [-0.3, -0.25) is 4.79 Å². The van der Waals surface area contributed by atoms with E-state index in [1.807, 2.05) is 24.5 Å². The normalized spacial score (nSPS) is 29.4. The van der Waals surface area contributed by atoms with E-state index in [4.69, 9.17) is 5.73 Å². The topological polar surface area (TPSA) is 64.2 Å². The van der Waals surface area contributed by atoms with Crippen molar-refractivity contribution in [2.75, 3.05) is 7.05 Å². The fourth-order valence-electron chi connectivity index (χ4n) is 2.89. The van der Waals surface area contributed by atoms with Gasteiger partial charge in [0.15, 0.2) is 0 Å². The van der Waals surface area contributed by atoms with Gasteiger partial charge in [-0.2, -0.15) is 0 Å². The molecule has 1 amide bonds. The maximum Gasteiger partial charge on any atom is 0.222 e. The maximum absolute atomic E-state index is 12.0. The van der Waals surface area contributed by atoms with Crippen molar-refractivity contribution in [1.29, 1.82) is 0 Å². The van der Waals surface area contributed by atoms with Crippen molar-refractivity contribution in [2.24, 2.45) is 5.73 Å². The molecule has 0 bridgehead atoms. The number of nitrogens with zero attached hydrogens (tertiary/aromatic N) is 3. The monoisotopic (exact) mass is 248 g/mol. The second-order valence-corrected chi connectivity index (χ2v) is 5.46. The van der Waals surface area contributed by atoms with Crippen LogP contribution in [0, 0.1) is 0 Å². The summed E-state index contributed by atoms with van der Waals surface area (Å²) < 4.78 is 2.21. The molecule has 1 saturated heterocycles. The minimum atomic E-state index is -0.0249. The zero-order valence-electron chi connectivity index (χ0n) is 10.7. The Labute approximate surface area is 107 Å². The van der Waals surface area contributed by atoms with E-state index in [0.29, 0.717) is 12.5 Å². The van der Waals surface area contributed by atoms with E-state index in [9.17, 15) is 4.79 Å². The van der Waals surface area contributed by atoms with Gasteiger partial charge in [-0.1, -0.05) is 0 Å². The molecule has 1 saturated carbocycles. The molecule has 98 valence electrons. The number of carbonyl (C=O) groups excluding carboxylic acids is 1. The van der Waals surface area contributed by atoms with Crippen molar-refractivity contribution < 1.29 is 4.79 Å². The molecule has 2 unspecified atom stereocenters. The molecule has 2 fully saturated rings. The summed E-state index contributed by atoms with van der Waals surface area (Å²) in [6.07, 6.45) is 8.57. The first-order valence-electron chi connectivity index (χ1n) is 6.71. The zero-order valence-corrected chi connectivity index (χ0v) is 10.7. The Morgan fingerprint density at radius 2 is 2.17 bits per heavy atom. The second kappa shape index (κ2) is 4.39. The number of rotatable bonds is 2. The molecule has 2 heterocycles. The molecule has 5 heteroatoms. The van der Waals surface area contributed by atoms with Gasteiger partial charge in [0.2, 0.25) is 5.91 Å². The van der Waals surface area contributed by atoms with Crippen molar-refractivity contribution in [3.63, 3.8) is 0 Å². The molecule has 0 spiro atoms. The number of hydrogen-bond acceptors (Lipinski definition) is 3. The van der Waals surface area contributed by atoms with E-state index in [-0.39, 0.29) is 18.0 Å². The predicted octanol–water partition coefficient (Wildman–Crippen LogP) is 1.23. The van der Waals surface area contributed by atoms with Crippen LogP contribution in [0.25, 0.3) is 0 Å². The lowest BCUT2D eigenvalue weighted by Gasteiger charge is -2.31. The Kier molecular flexibility index (Phi) is 2.86. The lowest BCUT2D eigenvalue weighted by Crippen LogP contribution is -2.40. The van der Waals surface area contributed by atoms with Crippen LogP contribution in [0.5, 0.6) is 0 Å². The Bertz CT molecular complexity index is 452. The largest absolute Gasteiger partial charge is 0.336 e. The minimum absolute atomic E-state index is 0.00986. The van der Waals surface area contributed by atoms with E-state index in [1.54, 1.807) is 0 Å². The van der Waals surface area contributed by atoms with Crippen LogP contribution >= 0.6 is 0 Å². The molecule has 5 nitrogen and oxygen atoms in total. The van der Waals surface area contributed by atoms with Gasteiger partial charge in [-0.05, 0) is 25.7 Å². The SMILES string of the molecule is CN1C(=O)CCCC(N)C1c1cncn1C1CC1. The number of likely N-dealkylation sites (tertiary alicyclic amines) is 1. The van der Waals surface area contributed by atoms with E-state index in [1.165, 1.54) is 12.8 Å². The van der Waals surface area contributed by atoms with E-state index < -0.39 is 0 Å². The molecule has 1 aliphatic heterocycles. The highest BCUT2D eigenvalue weighted by Gasteiger charge is 2.35. The molecule has 2 atom stereocenters. The van der Waals surface area contributed by atoms with Crippen LogP contribution in [-0.4, -0.2) is 33.4 Å². The standard InChI is InChI=1S/C13H20N4O/c1-16-12(18)4-2-3-10(14)13(16)11-7-15-8-17(11)9-5-6-9/h7-10,13H,2-6,14H2,1H3. The second-order valence-electron chi connectivity index (χ2n) is 5.46. The van der Waals surface area contributed by atoms with Crippen molar-refractivity contribution in [3.05, 3.63) is 18.2 Å². The molecule has 1 aliphatic carbocycles. The molecule has 0 aromatic carbocycles. The van der Waals surface area contributed by atoms with Gasteiger partial charge < -0.3 is 15.2 Å². The molecule has 2 N–H and O–H groups in total. The van der Waals surface area contributed by atoms with Gasteiger partial charge in [0, 0.05) is 25.6 Å². The van der Waals surface area contributed by atoms with Crippen LogP contribution in [-0.2, 0) is 4.79 Å². The average molecular weight is 248 g/mol. The Morgan fingerprint density at radius 3 is 2.89 bits per heavy atom. The third kappa shape index (κ3) is 1.92. The molecule has 0 radical (unpaired) electrons. The van der Waals surface area contributed by atoms with Gasteiger partial charge in [0.25, 0.3) is 0 Å². The number of carbonyl (C=O) groups is 1. The predicted molar refractivity (Wildman–Crippen MR) is 67.8 cm³/mol. The van der Waals surface area contributed by atoms with E-state index in [2.05, 4.69) is 9.55 Å². The van der Waals surface area contributed by atoms with Crippen LogP contribution in [0.15, 0.2) is 12.5 Å². The third-order valence-electron chi connectivity index (χ3n) is 4.08. The maximum atomic E-state index is 12.0. The summed E-state index contributed by atoms with van der Waals surface area (Å²) in [6.45, 7) is 0. The number of likely N-dealkylation sites (N-methyl/N-ethyl adjacent to an activating group) is 1. The molecule has 3 rings (SSSR count). The smallest absolute Gasteiger partial charge is 0.222 e. The summed E-state index contributed by atoms with van der Waals surface area (Å²) in [4.78, 5) is 18.1. The summed E-state index contributed by atoms with van der Waals surface area (Å²) in [5.74, 6) is 0.191. The van der Waals surface area contributed by atoms with Gasteiger partial charge >= 0.3 is 0 Å². The van der Waals surface area contributed by atoms with Gasteiger partial charge in [0.1, 0.15) is 0 Å². The molecule has 1 aromatic heterocycles. The first-order chi connectivity index (χ1) is 8.68. The van der Waals surface area contributed by atoms with Crippen molar-refractivity contribution >= 4 is 5.91 Å². The highest BCUT2D eigenvalue weighted by atomic mass is 16.2. The summed E-state index contributed by atoms with van der Waals surface area (Å²) in [6, 6.07) is 0.556. The molecule has 2 aliphatic rings. The Morgan fingerprint density at radius 1 is 1.39 bits per heavy atom. The van der Waals surface area contributed by atoms with Crippen LogP contribution in [0.2, 0.25) is 0 Å². The van der Waals surface area contributed by atoms with Crippen LogP contribution < -0.4 is 5.73 Å². The summed E-state index contributed by atoms with van der Waals surface area (Å²) in [7, 11) is 1.86. The summed E-state index contributed by atoms with van der Waals surface area (Å²) in [5.41, 5.74) is 7.38. The Hall–Kier alpha value is -1.36. The van der Waals surface area contributed by atoms with Crippen LogP contribution in [0.1, 0.15) is 49.9 Å². The van der Waals surface area contributed by atoms with Gasteiger partial charge in [-0.25, -0.2) is 4.98 Å². The van der Waals surface area contributed by atoms with Crippen LogP contribution in [0.4, 0.5) is 0 Å². The fourth-order valence-corrected chi connectivity index (χ4v) is 2.89. The molecule has 1 aromatic rings. The van der Waals surface area contributed by atoms with E-state index in [0.717, 1.165) is 18.5 Å². The number of amides is 1. The number of aromatic nitrogens is 2. The number of imidazole rings is 1. The molecular weight excluding hydrogens is 228 g/mol. The lowest BCUT2D eigenvalue weighted by molar-refractivity contribution is -0.131. The highest BCUT2D eigenvalue weighted by Crippen LogP contribution is 2.39. The molecular formula is C13H20N4O. The third-order valence-corrected chi connectivity index (χ3v) is 4.08. The van der Waals surface area contributed by atoms with Crippen LogP contribution in [0.3, 0.4) is 0 Å². The van der Waals surface area contributed by atoms with Crippen molar-refractivity contribution in [2.45, 2.75) is 50.2 Å². The first-order valence-corrected chi connectivity index (χ1v) is 6.71. The number of hydrogen-bond donors (Lipinski definition) is 1. The first kappa shape index (κ1) is 11.7. The van der Waals surface area contributed by atoms with E-state index >= 15 is 0 Å². The quantitative estimate of drug-likeness (QED) is 0.856. The van der Waals surface area contributed by atoms with Gasteiger partial charge in [0.05, 0.1) is 24.3 Å². The zero-order chi connectivity index (χ0) is 12.7. The van der Waals surface area contributed by atoms with Crippen molar-refractivity contribution in [3.8, 4) is 0 Å². The minimum Gasteiger partial charge on any atom is -0.336 e. The number of nitrogens with two attached hydrogens (primary N) is 1. The summed E-state index contributed by atoms with van der Waals surface area (Å²) in [5, 5.41) is 0. The van der Waals surface area contributed by atoms with Gasteiger partial charge in [-0.15, -0.1) is 0 Å². The molecule has 18 heavy (non-hydrogen) atoms. The Balaban J connectivity index is 1.95. The average Bonchev–Trinajstić information content (AvgIpc) is 3.10.